The topological polar surface area (TPSA) is 28.0 Å². The Kier molecular flexibility index (Phi) is 3.14. The second kappa shape index (κ2) is 4.78. The molecule has 3 rings (SSSR count). The summed E-state index contributed by atoms with van der Waals surface area (Å²) in [5, 5.41) is 1.46. The summed E-state index contributed by atoms with van der Waals surface area (Å²) in [7, 11) is 0. The van der Waals surface area contributed by atoms with Gasteiger partial charge in [-0.2, -0.15) is 0 Å². The van der Waals surface area contributed by atoms with Crippen LogP contribution in [0.4, 0.5) is 0 Å². The van der Waals surface area contributed by atoms with Crippen LogP contribution >= 0.6 is 23.4 Å². The highest BCUT2D eigenvalue weighted by Crippen LogP contribution is 2.33. The summed E-state index contributed by atoms with van der Waals surface area (Å²) < 4.78 is 0. The molecule has 1 aromatic rings. The van der Waals surface area contributed by atoms with E-state index in [4.69, 9.17) is 11.6 Å². The molecule has 0 aliphatic carbocycles. The third-order valence-electron chi connectivity index (χ3n) is 2.94. The predicted molar refractivity (Wildman–Crippen MR) is 79.2 cm³/mol. The van der Waals surface area contributed by atoms with Crippen molar-refractivity contribution in [3.8, 4) is 0 Å². The molecule has 0 saturated heterocycles. The van der Waals surface area contributed by atoms with Gasteiger partial charge in [-0.05, 0) is 11.8 Å². The average Bonchev–Trinajstić information content (AvgIpc) is 2.87. The van der Waals surface area contributed by atoms with E-state index in [-0.39, 0.29) is 0 Å². The standard InChI is InChI=1S/C13H12ClN3S/c1-18-13-16-11(14)10(9-5-3-2-4-6-9)12-15-7-8-17(12)13/h2-6H,7-8H2,1H3. The SMILES string of the molecule is CSC1=NC(Cl)=C(c2ccccc2)C2=NCCN12. The normalized spacial score (nSPS) is 18.7. The van der Waals surface area contributed by atoms with Gasteiger partial charge in [0.15, 0.2) is 5.17 Å². The first-order valence-electron chi connectivity index (χ1n) is 5.71. The molecule has 1 aromatic carbocycles. The number of aliphatic imine (C=N–C) groups is 2. The molecule has 0 fully saturated rings. The van der Waals surface area contributed by atoms with Crippen LogP contribution in [-0.4, -0.2) is 35.2 Å². The molecule has 0 radical (unpaired) electrons. The lowest BCUT2D eigenvalue weighted by molar-refractivity contribution is 0.678. The van der Waals surface area contributed by atoms with Crippen LogP contribution in [0, 0.1) is 0 Å². The van der Waals surface area contributed by atoms with E-state index in [0.717, 1.165) is 35.2 Å². The van der Waals surface area contributed by atoms with E-state index < -0.39 is 0 Å². The van der Waals surface area contributed by atoms with Crippen LogP contribution in [0.5, 0.6) is 0 Å². The van der Waals surface area contributed by atoms with Crippen molar-refractivity contribution in [1.82, 2.24) is 4.90 Å². The first kappa shape index (κ1) is 11.8. The summed E-state index contributed by atoms with van der Waals surface area (Å²) in [4.78, 5) is 11.2. The van der Waals surface area contributed by atoms with Crippen LogP contribution in [-0.2, 0) is 0 Å². The molecule has 2 aliphatic heterocycles. The van der Waals surface area contributed by atoms with Gasteiger partial charge < -0.3 is 4.90 Å². The Morgan fingerprint density at radius 2 is 2.06 bits per heavy atom. The number of hydrogen-bond donors (Lipinski definition) is 0. The molecule has 18 heavy (non-hydrogen) atoms. The number of benzene rings is 1. The smallest absolute Gasteiger partial charge is 0.170 e. The molecule has 92 valence electrons. The largest absolute Gasteiger partial charge is 0.303 e. The Morgan fingerprint density at radius 3 is 2.78 bits per heavy atom. The molecular weight excluding hydrogens is 266 g/mol. The van der Waals surface area contributed by atoms with E-state index in [0.29, 0.717) is 5.16 Å². The van der Waals surface area contributed by atoms with E-state index in [1.54, 1.807) is 11.8 Å². The lowest BCUT2D eigenvalue weighted by Gasteiger charge is -2.26. The van der Waals surface area contributed by atoms with Crippen molar-refractivity contribution in [3.63, 3.8) is 0 Å². The third-order valence-corrected chi connectivity index (χ3v) is 3.89. The number of fused-ring (bicyclic) bond motifs is 1. The number of hydrogen-bond acceptors (Lipinski definition) is 4. The maximum absolute atomic E-state index is 6.33. The molecule has 0 atom stereocenters. The van der Waals surface area contributed by atoms with Crippen molar-refractivity contribution >= 4 is 39.9 Å². The van der Waals surface area contributed by atoms with Crippen LogP contribution in [0.3, 0.4) is 0 Å². The zero-order valence-electron chi connectivity index (χ0n) is 9.93. The van der Waals surface area contributed by atoms with Crippen LogP contribution in [0.1, 0.15) is 5.56 Å². The minimum absolute atomic E-state index is 0.530. The number of amidine groups is 2. The lowest BCUT2D eigenvalue weighted by atomic mass is 10.1. The lowest BCUT2D eigenvalue weighted by Crippen LogP contribution is -2.35. The molecule has 0 aromatic heterocycles. The first-order valence-corrected chi connectivity index (χ1v) is 7.32. The molecule has 5 heteroatoms. The van der Waals surface area contributed by atoms with Gasteiger partial charge in [0.1, 0.15) is 11.0 Å². The summed E-state index contributed by atoms with van der Waals surface area (Å²) in [6.07, 6.45) is 2.01. The minimum atomic E-state index is 0.530. The first-order chi connectivity index (χ1) is 8.81. The van der Waals surface area contributed by atoms with Crippen molar-refractivity contribution in [2.75, 3.05) is 19.3 Å². The second-order valence-corrected chi connectivity index (χ2v) is 5.12. The zero-order chi connectivity index (χ0) is 12.5. The Bertz CT molecular complexity index is 563. The monoisotopic (exact) mass is 277 g/mol. The highest BCUT2D eigenvalue weighted by molar-refractivity contribution is 8.13. The van der Waals surface area contributed by atoms with Gasteiger partial charge in [-0.15, -0.1) is 0 Å². The molecule has 0 amide bonds. The Hall–Kier alpha value is -1.26. The third kappa shape index (κ3) is 1.85. The fraction of sp³-hybridized carbons (Fsp3) is 0.231. The molecule has 0 unspecified atom stereocenters. The second-order valence-electron chi connectivity index (χ2n) is 3.99. The zero-order valence-corrected chi connectivity index (χ0v) is 11.5. The average molecular weight is 278 g/mol. The van der Waals surface area contributed by atoms with Gasteiger partial charge in [-0.3, -0.25) is 4.99 Å². The van der Waals surface area contributed by atoms with E-state index in [2.05, 4.69) is 14.9 Å². The molecule has 2 aliphatic rings. The molecule has 0 bridgehead atoms. The van der Waals surface area contributed by atoms with Crippen molar-refractivity contribution in [2.24, 2.45) is 9.98 Å². The summed E-state index contributed by atoms with van der Waals surface area (Å²) in [6.45, 7) is 1.69. The predicted octanol–water partition coefficient (Wildman–Crippen LogP) is 3.04. The fourth-order valence-corrected chi connectivity index (χ4v) is 3.05. The summed E-state index contributed by atoms with van der Waals surface area (Å²) >= 11 is 7.93. The molecule has 0 spiro atoms. The Balaban J connectivity index is 2.15. The van der Waals surface area contributed by atoms with E-state index in [1.807, 2.05) is 36.6 Å². The molecule has 0 N–H and O–H groups in total. The van der Waals surface area contributed by atoms with Crippen molar-refractivity contribution in [3.05, 3.63) is 41.1 Å². The van der Waals surface area contributed by atoms with Crippen molar-refractivity contribution < 1.29 is 0 Å². The number of thioether (sulfide) groups is 1. The highest BCUT2D eigenvalue weighted by Gasteiger charge is 2.31. The van der Waals surface area contributed by atoms with E-state index in [9.17, 15) is 0 Å². The maximum atomic E-state index is 6.33. The summed E-state index contributed by atoms with van der Waals surface area (Å²) in [5.41, 5.74) is 2.00. The number of halogens is 1. The Morgan fingerprint density at radius 1 is 1.28 bits per heavy atom. The molecule has 0 saturated carbocycles. The quantitative estimate of drug-likeness (QED) is 0.738. The highest BCUT2D eigenvalue weighted by atomic mass is 35.5. The van der Waals surface area contributed by atoms with Crippen LogP contribution in [0.15, 0.2) is 45.5 Å². The van der Waals surface area contributed by atoms with E-state index >= 15 is 0 Å². The van der Waals surface area contributed by atoms with Crippen LogP contribution in [0.2, 0.25) is 0 Å². The molecular formula is C13H12ClN3S. The number of nitrogens with zero attached hydrogens (tertiary/aromatic N) is 3. The number of rotatable bonds is 1. The van der Waals surface area contributed by atoms with Gasteiger partial charge in [-0.1, -0.05) is 53.7 Å². The van der Waals surface area contributed by atoms with Crippen LogP contribution in [0.25, 0.3) is 5.57 Å². The summed E-state index contributed by atoms with van der Waals surface area (Å²) in [6, 6.07) is 10.1. The molecule has 3 nitrogen and oxygen atoms in total. The van der Waals surface area contributed by atoms with Gasteiger partial charge in [0.05, 0.1) is 12.1 Å². The van der Waals surface area contributed by atoms with Gasteiger partial charge in [0, 0.05) is 6.54 Å². The Labute approximate surface area is 115 Å². The van der Waals surface area contributed by atoms with Gasteiger partial charge in [-0.25, -0.2) is 4.99 Å². The van der Waals surface area contributed by atoms with Gasteiger partial charge in [0.25, 0.3) is 0 Å². The van der Waals surface area contributed by atoms with Crippen molar-refractivity contribution in [2.45, 2.75) is 0 Å². The van der Waals surface area contributed by atoms with Gasteiger partial charge in [0.2, 0.25) is 0 Å². The minimum Gasteiger partial charge on any atom is -0.303 e. The van der Waals surface area contributed by atoms with E-state index in [1.165, 1.54) is 0 Å². The van der Waals surface area contributed by atoms with Crippen molar-refractivity contribution in [1.29, 1.82) is 0 Å². The van der Waals surface area contributed by atoms with Gasteiger partial charge >= 0.3 is 0 Å². The van der Waals surface area contributed by atoms with Crippen LogP contribution < -0.4 is 0 Å². The molecule has 2 heterocycles. The maximum Gasteiger partial charge on any atom is 0.170 e. The summed E-state index contributed by atoms with van der Waals surface area (Å²) in [5.74, 6) is 0.950. The fourth-order valence-electron chi connectivity index (χ4n) is 2.15.